The van der Waals surface area contributed by atoms with Gasteiger partial charge in [-0.2, -0.15) is 0 Å². The zero-order chi connectivity index (χ0) is 33.3. The Bertz CT molecular complexity index is 2520. The SMILES string of the molecule is Cc1ccc(N(c2ccccc2)c2ccc3c(c2)C(C)(C)c2cc(-c4ccc5c(c4)c4ccccc4n5-c4ccc(C)cc4)ccc2-3)cc1. The highest BCUT2D eigenvalue weighted by atomic mass is 15.1. The average molecular weight is 631 g/mol. The van der Waals surface area contributed by atoms with Crippen molar-refractivity contribution in [2.75, 3.05) is 4.90 Å². The molecule has 2 nitrogen and oxygen atoms in total. The molecule has 236 valence electrons. The number of rotatable bonds is 5. The van der Waals surface area contributed by atoms with Gasteiger partial charge in [-0.05, 0) is 120 Å². The molecule has 0 saturated heterocycles. The van der Waals surface area contributed by atoms with Crippen LogP contribution in [-0.4, -0.2) is 4.57 Å². The summed E-state index contributed by atoms with van der Waals surface area (Å²) in [6.07, 6.45) is 0. The number of fused-ring (bicyclic) bond motifs is 6. The summed E-state index contributed by atoms with van der Waals surface area (Å²) in [6, 6.07) is 58.2. The van der Waals surface area contributed by atoms with Crippen LogP contribution in [0.15, 0.2) is 158 Å². The second-order valence-electron chi connectivity index (χ2n) is 14.0. The standard InChI is InChI=1S/C47H38N2/c1-31-14-20-36(21-15-31)48(35-10-6-5-7-11-35)38-24-26-40-39-25-18-34(29-43(39)47(3,4)44(40)30-38)33-19-27-46-42(28-33)41-12-8-9-13-45(41)49(46)37-22-16-32(2)17-23-37/h5-30H,1-4H3. The highest BCUT2D eigenvalue weighted by Gasteiger charge is 2.36. The van der Waals surface area contributed by atoms with E-state index in [-0.39, 0.29) is 5.41 Å². The molecule has 49 heavy (non-hydrogen) atoms. The Kier molecular flexibility index (Phi) is 6.64. The van der Waals surface area contributed by atoms with Gasteiger partial charge in [-0.15, -0.1) is 0 Å². The summed E-state index contributed by atoms with van der Waals surface area (Å²) in [7, 11) is 0. The Morgan fingerprint density at radius 1 is 0.449 bits per heavy atom. The van der Waals surface area contributed by atoms with Crippen LogP contribution in [0.5, 0.6) is 0 Å². The van der Waals surface area contributed by atoms with Crippen LogP contribution in [0.1, 0.15) is 36.1 Å². The van der Waals surface area contributed by atoms with Gasteiger partial charge < -0.3 is 9.47 Å². The van der Waals surface area contributed by atoms with Crippen molar-refractivity contribution >= 4 is 38.9 Å². The normalized spacial score (nSPS) is 13.1. The van der Waals surface area contributed by atoms with Crippen LogP contribution in [0.25, 0.3) is 49.7 Å². The van der Waals surface area contributed by atoms with E-state index in [0.29, 0.717) is 0 Å². The Balaban J connectivity index is 1.14. The van der Waals surface area contributed by atoms with E-state index in [9.17, 15) is 0 Å². The molecule has 0 fully saturated rings. The zero-order valence-corrected chi connectivity index (χ0v) is 28.4. The Hall–Kier alpha value is -5.86. The quantitative estimate of drug-likeness (QED) is 0.184. The fourth-order valence-corrected chi connectivity index (χ4v) is 7.89. The third kappa shape index (κ3) is 4.70. The van der Waals surface area contributed by atoms with Crippen LogP contribution >= 0.6 is 0 Å². The Labute approximate surface area is 288 Å². The number of aromatic nitrogens is 1. The minimum Gasteiger partial charge on any atom is -0.310 e. The highest BCUT2D eigenvalue weighted by molar-refractivity contribution is 6.10. The third-order valence-corrected chi connectivity index (χ3v) is 10.5. The molecule has 1 aromatic heterocycles. The monoisotopic (exact) mass is 630 g/mol. The first kappa shape index (κ1) is 29.3. The molecular weight excluding hydrogens is 593 g/mol. The van der Waals surface area contributed by atoms with Gasteiger partial charge in [0.1, 0.15) is 0 Å². The predicted molar refractivity (Wildman–Crippen MR) is 208 cm³/mol. The van der Waals surface area contributed by atoms with E-state index in [0.717, 1.165) is 11.4 Å². The highest BCUT2D eigenvalue weighted by Crippen LogP contribution is 2.51. The molecule has 8 aromatic rings. The summed E-state index contributed by atoms with van der Waals surface area (Å²) in [5, 5.41) is 2.55. The predicted octanol–water partition coefficient (Wildman–Crippen LogP) is 12.8. The lowest BCUT2D eigenvalue weighted by Gasteiger charge is -2.28. The van der Waals surface area contributed by atoms with E-state index in [2.05, 4.69) is 195 Å². The van der Waals surface area contributed by atoms with E-state index in [4.69, 9.17) is 0 Å². The molecule has 2 heteroatoms. The van der Waals surface area contributed by atoms with Crippen molar-refractivity contribution in [1.82, 2.24) is 4.57 Å². The molecule has 7 aromatic carbocycles. The zero-order valence-electron chi connectivity index (χ0n) is 28.4. The number of nitrogens with zero attached hydrogens (tertiary/aromatic N) is 2. The molecule has 0 amide bonds. The largest absolute Gasteiger partial charge is 0.310 e. The molecule has 0 unspecified atom stereocenters. The van der Waals surface area contributed by atoms with E-state index >= 15 is 0 Å². The van der Waals surface area contributed by atoms with E-state index in [1.54, 1.807) is 0 Å². The minimum atomic E-state index is -0.155. The van der Waals surface area contributed by atoms with Crippen LogP contribution < -0.4 is 4.90 Å². The summed E-state index contributed by atoms with van der Waals surface area (Å²) in [6.45, 7) is 9.04. The lowest BCUT2D eigenvalue weighted by atomic mass is 9.81. The molecule has 0 spiro atoms. The Morgan fingerprint density at radius 3 is 1.76 bits per heavy atom. The molecule has 0 aliphatic heterocycles. The van der Waals surface area contributed by atoms with Crippen molar-refractivity contribution in [2.45, 2.75) is 33.1 Å². The molecule has 1 aliphatic carbocycles. The number of para-hydroxylation sites is 2. The summed E-state index contributed by atoms with van der Waals surface area (Å²) in [5.74, 6) is 0. The summed E-state index contributed by atoms with van der Waals surface area (Å²) >= 11 is 0. The van der Waals surface area contributed by atoms with Crippen molar-refractivity contribution < 1.29 is 0 Å². The lowest BCUT2D eigenvalue weighted by Crippen LogP contribution is -2.16. The molecular formula is C47H38N2. The number of benzene rings is 7. The van der Waals surface area contributed by atoms with Gasteiger partial charge in [0.15, 0.2) is 0 Å². The van der Waals surface area contributed by atoms with Crippen molar-refractivity contribution in [3.05, 3.63) is 180 Å². The third-order valence-electron chi connectivity index (χ3n) is 10.5. The smallest absolute Gasteiger partial charge is 0.0541 e. The second-order valence-corrected chi connectivity index (χ2v) is 14.0. The maximum absolute atomic E-state index is 2.43. The number of hydrogen-bond donors (Lipinski definition) is 0. The molecule has 0 bridgehead atoms. The van der Waals surface area contributed by atoms with Crippen LogP contribution in [-0.2, 0) is 5.41 Å². The van der Waals surface area contributed by atoms with Crippen LogP contribution in [0.2, 0.25) is 0 Å². The minimum absolute atomic E-state index is 0.155. The van der Waals surface area contributed by atoms with E-state index in [1.807, 2.05) is 0 Å². The molecule has 9 rings (SSSR count). The van der Waals surface area contributed by atoms with Gasteiger partial charge in [-0.25, -0.2) is 0 Å². The fourth-order valence-electron chi connectivity index (χ4n) is 7.89. The first-order valence-corrected chi connectivity index (χ1v) is 17.2. The first-order chi connectivity index (χ1) is 23.9. The maximum atomic E-state index is 2.43. The first-order valence-electron chi connectivity index (χ1n) is 17.2. The van der Waals surface area contributed by atoms with Crippen molar-refractivity contribution in [2.24, 2.45) is 0 Å². The summed E-state index contributed by atoms with van der Waals surface area (Å²) in [5.41, 5.74) is 17.4. The number of aryl methyl sites for hydroxylation is 2. The second kappa shape index (κ2) is 11.1. The molecule has 0 N–H and O–H groups in total. The van der Waals surface area contributed by atoms with Crippen LogP contribution in [0.3, 0.4) is 0 Å². The van der Waals surface area contributed by atoms with Gasteiger partial charge in [0, 0.05) is 38.9 Å². The fraction of sp³-hybridized carbons (Fsp3) is 0.106. The van der Waals surface area contributed by atoms with Gasteiger partial charge in [-0.1, -0.05) is 110 Å². The number of anilines is 3. The molecule has 1 heterocycles. The maximum Gasteiger partial charge on any atom is 0.0541 e. The van der Waals surface area contributed by atoms with Crippen LogP contribution in [0, 0.1) is 13.8 Å². The topological polar surface area (TPSA) is 8.17 Å². The van der Waals surface area contributed by atoms with Gasteiger partial charge >= 0.3 is 0 Å². The van der Waals surface area contributed by atoms with Gasteiger partial charge in [0.2, 0.25) is 0 Å². The van der Waals surface area contributed by atoms with E-state index < -0.39 is 0 Å². The summed E-state index contributed by atoms with van der Waals surface area (Å²) < 4.78 is 2.39. The molecule has 0 saturated carbocycles. The Morgan fingerprint density at radius 2 is 1.00 bits per heavy atom. The van der Waals surface area contributed by atoms with Crippen molar-refractivity contribution in [3.8, 4) is 27.9 Å². The van der Waals surface area contributed by atoms with Crippen molar-refractivity contribution in [3.63, 3.8) is 0 Å². The lowest BCUT2D eigenvalue weighted by molar-refractivity contribution is 0.660. The molecule has 0 radical (unpaired) electrons. The van der Waals surface area contributed by atoms with Gasteiger partial charge in [-0.3, -0.25) is 0 Å². The summed E-state index contributed by atoms with van der Waals surface area (Å²) in [4.78, 5) is 2.37. The number of hydrogen-bond acceptors (Lipinski definition) is 1. The molecule has 1 aliphatic rings. The van der Waals surface area contributed by atoms with E-state index in [1.165, 1.54) is 77.7 Å². The average Bonchev–Trinajstić information content (AvgIpc) is 3.58. The molecule has 0 atom stereocenters. The van der Waals surface area contributed by atoms with Gasteiger partial charge in [0.25, 0.3) is 0 Å². The van der Waals surface area contributed by atoms with Crippen LogP contribution in [0.4, 0.5) is 17.1 Å². The van der Waals surface area contributed by atoms with Crippen molar-refractivity contribution in [1.29, 1.82) is 0 Å². The van der Waals surface area contributed by atoms with Gasteiger partial charge in [0.05, 0.1) is 11.0 Å².